The fourth-order valence-corrected chi connectivity index (χ4v) is 5.28. The Bertz CT molecular complexity index is 1350. The third-order valence-corrected chi connectivity index (χ3v) is 7.23. The Hall–Kier alpha value is -3.56. The maximum atomic E-state index is 13.5. The van der Waals surface area contributed by atoms with Crippen molar-refractivity contribution in [2.45, 2.75) is 31.9 Å². The molecule has 3 aromatic carbocycles. The van der Waals surface area contributed by atoms with Crippen LogP contribution in [0.1, 0.15) is 25.8 Å². The van der Waals surface area contributed by atoms with Crippen LogP contribution in [0.3, 0.4) is 0 Å². The zero-order chi connectivity index (χ0) is 27.8. The molecule has 1 N–H and O–H groups in total. The number of ether oxygens (including phenoxy) is 2. The number of hydrogen-bond acceptors (Lipinski definition) is 6. The molecular formula is C29H29ClFN3O4S. The van der Waals surface area contributed by atoms with Gasteiger partial charge in [-0.2, -0.15) is 0 Å². The number of thioether (sulfide) groups is 1. The van der Waals surface area contributed by atoms with E-state index in [1.165, 1.54) is 36.0 Å². The lowest BCUT2D eigenvalue weighted by Gasteiger charge is -2.32. The second kappa shape index (κ2) is 13.5. The summed E-state index contributed by atoms with van der Waals surface area (Å²) < 4.78 is 24.9. The predicted molar refractivity (Wildman–Crippen MR) is 154 cm³/mol. The number of halogens is 2. The summed E-state index contributed by atoms with van der Waals surface area (Å²) in [5, 5.41) is 3.00. The zero-order valence-electron chi connectivity index (χ0n) is 21.7. The first-order chi connectivity index (χ1) is 18.9. The smallest absolute Gasteiger partial charge is 0.238 e. The maximum absolute atomic E-state index is 13.5. The van der Waals surface area contributed by atoms with Crippen molar-refractivity contribution < 1.29 is 23.5 Å². The van der Waals surface area contributed by atoms with Gasteiger partial charge in [-0.25, -0.2) is 9.38 Å². The highest BCUT2D eigenvalue weighted by atomic mass is 35.5. The van der Waals surface area contributed by atoms with Crippen molar-refractivity contribution >= 4 is 51.7 Å². The number of nitrogens with one attached hydrogen (secondary N) is 1. The van der Waals surface area contributed by atoms with E-state index in [2.05, 4.69) is 10.3 Å². The van der Waals surface area contributed by atoms with E-state index in [0.29, 0.717) is 59.2 Å². The van der Waals surface area contributed by atoms with Gasteiger partial charge in [-0.1, -0.05) is 35.5 Å². The lowest BCUT2D eigenvalue weighted by molar-refractivity contribution is -0.129. The van der Waals surface area contributed by atoms with Gasteiger partial charge in [0.1, 0.15) is 11.1 Å². The maximum Gasteiger partial charge on any atom is 0.238 e. The molecule has 0 saturated carbocycles. The number of benzene rings is 3. The molecule has 0 radical (unpaired) electrons. The lowest BCUT2D eigenvalue weighted by Crippen LogP contribution is -2.46. The molecule has 1 saturated heterocycles. The Morgan fingerprint density at radius 2 is 1.82 bits per heavy atom. The normalized spacial score (nSPS) is 16.3. The number of aliphatic imine (C=N–C) groups is 1. The van der Waals surface area contributed by atoms with Gasteiger partial charge in [0.2, 0.25) is 11.8 Å². The third kappa shape index (κ3) is 7.74. The fraction of sp³-hybridized carbons (Fsp3) is 0.276. The Morgan fingerprint density at radius 1 is 1.08 bits per heavy atom. The summed E-state index contributed by atoms with van der Waals surface area (Å²) >= 11 is 7.24. The summed E-state index contributed by atoms with van der Waals surface area (Å²) in [6, 6.07) is 18.2. The number of carbonyl (C=O) groups excluding carboxylic acids is 2. The fourth-order valence-electron chi connectivity index (χ4n) is 3.97. The van der Waals surface area contributed by atoms with Crippen LogP contribution in [-0.2, 0) is 16.0 Å². The lowest BCUT2D eigenvalue weighted by atomic mass is 10.1. The van der Waals surface area contributed by atoms with Crippen LogP contribution in [0, 0.1) is 5.82 Å². The van der Waals surface area contributed by atoms with E-state index in [-0.39, 0.29) is 24.1 Å². The standard InChI is InChI=1S/C29H29ClFN3O4S/c1-3-37-24-13-8-19(16-25(24)38-4-2)14-15-34-27(35)18-26(28(36)32-23-7-5-6-20(30)17-23)39-29(34)33-22-11-9-21(31)10-12-22/h5-13,16-17,26H,3-4,14-15,18H2,1-2H3,(H,32,36)/t26-/m0/s1. The molecule has 1 aliphatic rings. The Balaban J connectivity index is 1.55. The minimum Gasteiger partial charge on any atom is -0.490 e. The van der Waals surface area contributed by atoms with Crippen LogP contribution >= 0.6 is 23.4 Å². The second-order valence-corrected chi connectivity index (χ2v) is 10.2. The van der Waals surface area contributed by atoms with Crippen molar-refractivity contribution in [3.63, 3.8) is 0 Å². The average Bonchev–Trinajstić information content (AvgIpc) is 2.91. The molecule has 1 fully saturated rings. The number of rotatable bonds is 10. The summed E-state index contributed by atoms with van der Waals surface area (Å²) in [4.78, 5) is 32.6. The van der Waals surface area contributed by atoms with E-state index >= 15 is 0 Å². The molecule has 1 atom stereocenters. The summed E-state index contributed by atoms with van der Waals surface area (Å²) in [5.41, 5.74) is 1.98. The summed E-state index contributed by atoms with van der Waals surface area (Å²) in [6.07, 6.45) is 0.535. The molecule has 0 aromatic heterocycles. The highest BCUT2D eigenvalue weighted by molar-refractivity contribution is 8.15. The van der Waals surface area contributed by atoms with E-state index in [1.54, 1.807) is 29.2 Å². The summed E-state index contributed by atoms with van der Waals surface area (Å²) in [6.45, 7) is 5.18. The van der Waals surface area contributed by atoms with Crippen molar-refractivity contribution in [1.82, 2.24) is 4.90 Å². The van der Waals surface area contributed by atoms with Crippen molar-refractivity contribution in [1.29, 1.82) is 0 Å². The number of carbonyl (C=O) groups is 2. The van der Waals surface area contributed by atoms with E-state index in [1.807, 2.05) is 32.0 Å². The van der Waals surface area contributed by atoms with Gasteiger partial charge in [0.05, 0.1) is 18.9 Å². The van der Waals surface area contributed by atoms with Crippen molar-refractivity contribution in [2.24, 2.45) is 4.99 Å². The Labute approximate surface area is 236 Å². The van der Waals surface area contributed by atoms with E-state index in [9.17, 15) is 14.0 Å². The molecule has 0 unspecified atom stereocenters. The van der Waals surface area contributed by atoms with Gasteiger partial charge in [-0.05, 0) is 80.4 Å². The molecule has 3 aromatic rings. The molecule has 204 valence electrons. The molecule has 7 nitrogen and oxygen atoms in total. The van der Waals surface area contributed by atoms with Crippen LogP contribution in [0.4, 0.5) is 15.8 Å². The topological polar surface area (TPSA) is 80.2 Å². The number of amidine groups is 1. The molecule has 10 heteroatoms. The molecule has 0 bridgehead atoms. The third-order valence-electron chi connectivity index (χ3n) is 5.81. The van der Waals surface area contributed by atoms with Crippen LogP contribution in [0.2, 0.25) is 5.02 Å². The van der Waals surface area contributed by atoms with Gasteiger partial charge in [0, 0.05) is 23.7 Å². The minimum absolute atomic E-state index is 0.00692. The van der Waals surface area contributed by atoms with Crippen molar-refractivity contribution in [3.05, 3.63) is 83.1 Å². The highest BCUT2D eigenvalue weighted by Crippen LogP contribution is 2.32. The van der Waals surface area contributed by atoms with Gasteiger partial charge >= 0.3 is 0 Å². The minimum atomic E-state index is -0.693. The van der Waals surface area contributed by atoms with Crippen LogP contribution in [0.5, 0.6) is 11.5 Å². The van der Waals surface area contributed by atoms with Gasteiger partial charge in [0.15, 0.2) is 16.7 Å². The number of amides is 2. The predicted octanol–water partition coefficient (Wildman–Crippen LogP) is 6.48. The number of nitrogens with zero attached hydrogens (tertiary/aromatic N) is 2. The van der Waals surface area contributed by atoms with Crippen LogP contribution in [0.15, 0.2) is 71.7 Å². The molecule has 0 aliphatic carbocycles. The van der Waals surface area contributed by atoms with E-state index < -0.39 is 5.25 Å². The first-order valence-corrected chi connectivity index (χ1v) is 13.9. The molecule has 1 aliphatic heterocycles. The molecule has 2 amide bonds. The number of hydrogen-bond donors (Lipinski definition) is 1. The SMILES string of the molecule is CCOc1ccc(CCN2C(=O)C[C@@H](C(=O)Nc3cccc(Cl)c3)SC2=Nc2ccc(F)cc2)cc1OCC. The Kier molecular flexibility index (Phi) is 9.84. The monoisotopic (exact) mass is 569 g/mol. The average molecular weight is 570 g/mol. The molecule has 4 rings (SSSR count). The van der Waals surface area contributed by atoms with Crippen LogP contribution < -0.4 is 14.8 Å². The van der Waals surface area contributed by atoms with Gasteiger partial charge in [0.25, 0.3) is 0 Å². The van der Waals surface area contributed by atoms with Crippen LogP contribution in [-0.4, -0.2) is 46.9 Å². The second-order valence-electron chi connectivity index (χ2n) is 8.62. The number of anilines is 1. The molecule has 0 spiro atoms. The van der Waals surface area contributed by atoms with E-state index in [0.717, 1.165) is 5.56 Å². The quantitative estimate of drug-likeness (QED) is 0.302. The molecule has 1 heterocycles. The molecular weight excluding hydrogens is 541 g/mol. The van der Waals surface area contributed by atoms with E-state index in [4.69, 9.17) is 21.1 Å². The first-order valence-electron chi connectivity index (χ1n) is 12.6. The Morgan fingerprint density at radius 3 is 2.54 bits per heavy atom. The highest BCUT2D eigenvalue weighted by Gasteiger charge is 2.36. The van der Waals surface area contributed by atoms with Gasteiger partial charge in [-0.15, -0.1) is 0 Å². The first kappa shape index (κ1) is 28.4. The summed E-state index contributed by atoms with van der Waals surface area (Å²) in [5.74, 6) is 0.378. The van der Waals surface area contributed by atoms with Gasteiger partial charge < -0.3 is 14.8 Å². The van der Waals surface area contributed by atoms with Gasteiger partial charge in [-0.3, -0.25) is 14.5 Å². The zero-order valence-corrected chi connectivity index (χ0v) is 23.2. The van der Waals surface area contributed by atoms with Crippen molar-refractivity contribution in [2.75, 3.05) is 25.1 Å². The van der Waals surface area contributed by atoms with Crippen LogP contribution in [0.25, 0.3) is 0 Å². The summed E-state index contributed by atoms with van der Waals surface area (Å²) in [7, 11) is 0. The molecule has 39 heavy (non-hydrogen) atoms. The largest absolute Gasteiger partial charge is 0.490 e. The van der Waals surface area contributed by atoms with Crippen molar-refractivity contribution in [3.8, 4) is 11.5 Å².